The standard InChI is InChI=1S/C22H27F2N5O/c23-18-10-16(11-19(24)12-18)13-26-22(30)17-4-8-28(9-5-17)20-14-25-15-27-21(20)29-6-2-1-3-7-29/h10-12,14-15,17H,1-9,13H2,(H,26,30). The Morgan fingerprint density at radius 2 is 1.70 bits per heavy atom. The van der Waals surface area contributed by atoms with Crippen LogP contribution in [0.3, 0.4) is 0 Å². The summed E-state index contributed by atoms with van der Waals surface area (Å²) in [4.78, 5) is 25.9. The summed E-state index contributed by atoms with van der Waals surface area (Å²) < 4.78 is 26.6. The van der Waals surface area contributed by atoms with Crippen LogP contribution >= 0.6 is 0 Å². The summed E-state index contributed by atoms with van der Waals surface area (Å²) in [6.45, 7) is 3.66. The average molecular weight is 415 g/mol. The number of nitrogens with zero attached hydrogens (tertiary/aromatic N) is 4. The van der Waals surface area contributed by atoms with Crippen LogP contribution in [0.5, 0.6) is 0 Å². The summed E-state index contributed by atoms with van der Waals surface area (Å²) in [5.41, 5.74) is 1.46. The SMILES string of the molecule is O=C(NCc1cc(F)cc(F)c1)C1CCN(c2cncnc2N2CCCCC2)CC1. The van der Waals surface area contributed by atoms with Gasteiger partial charge in [0.2, 0.25) is 5.91 Å². The Bertz CT molecular complexity index is 859. The largest absolute Gasteiger partial charge is 0.367 e. The zero-order valence-corrected chi connectivity index (χ0v) is 17.0. The summed E-state index contributed by atoms with van der Waals surface area (Å²) >= 11 is 0. The van der Waals surface area contributed by atoms with Gasteiger partial charge in [-0.3, -0.25) is 4.79 Å². The Morgan fingerprint density at radius 3 is 2.40 bits per heavy atom. The molecule has 0 atom stereocenters. The minimum absolute atomic E-state index is 0.0696. The van der Waals surface area contributed by atoms with Gasteiger partial charge in [-0.1, -0.05) is 0 Å². The first-order valence-corrected chi connectivity index (χ1v) is 10.6. The third-order valence-electron chi connectivity index (χ3n) is 5.92. The molecule has 0 aliphatic carbocycles. The number of hydrogen-bond donors (Lipinski definition) is 1. The molecular formula is C22H27F2N5O. The zero-order valence-electron chi connectivity index (χ0n) is 17.0. The van der Waals surface area contributed by atoms with Crippen LogP contribution in [0.2, 0.25) is 0 Å². The van der Waals surface area contributed by atoms with Gasteiger partial charge in [-0.2, -0.15) is 0 Å². The van der Waals surface area contributed by atoms with Crippen LogP contribution in [0.15, 0.2) is 30.7 Å². The summed E-state index contributed by atoms with van der Waals surface area (Å²) in [5, 5.41) is 2.82. The van der Waals surface area contributed by atoms with E-state index in [1.807, 2.05) is 6.20 Å². The van der Waals surface area contributed by atoms with E-state index in [-0.39, 0.29) is 18.4 Å². The van der Waals surface area contributed by atoms with E-state index in [0.29, 0.717) is 5.56 Å². The lowest BCUT2D eigenvalue weighted by Crippen LogP contribution is -2.41. The van der Waals surface area contributed by atoms with Crippen LogP contribution in [0, 0.1) is 17.6 Å². The van der Waals surface area contributed by atoms with Gasteiger partial charge in [-0.25, -0.2) is 18.7 Å². The zero-order chi connectivity index (χ0) is 20.9. The highest BCUT2D eigenvalue weighted by Crippen LogP contribution is 2.31. The predicted octanol–water partition coefficient (Wildman–Crippen LogP) is 3.28. The van der Waals surface area contributed by atoms with Gasteiger partial charge in [0.15, 0.2) is 5.82 Å². The summed E-state index contributed by atoms with van der Waals surface area (Å²) in [6.07, 6.45) is 8.54. The molecule has 160 valence electrons. The van der Waals surface area contributed by atoms with E-state index in [4.69, 9.17) is 0 Å². The molecule has 2 aliphatic rings. The number of carbonyl (C=O) groups is 1. The van der Waals surface area contributed by atoms with Gasteiger partial charge >= 0.3 is 0 Å². The van der Waals surface area contributed by atoms with Gasteiger partial charge in [-0.05, 0) is 49.8 Å². The fraction of sp³-hybridized carbons (Fsp3) is 0.500. The lowest BCUT2D eigenvalue weighted by Gasteiger charge is -2.36. The quantitative estimate of drug-likeness (QED) is 0.812. The van der Waals surface area contributed by atoms with Crippen molar-refractivity contribution in [1.29, 1.82) is 0 Å². The fourth-order valence-electron chi connectivity index (χ4n) is 4.32. The molecule has 2 aromatic rings. The third-order valence-corrected chi connectivity index (χ3v) is 5.92. The van der Waals surface area contributed by atoms with E-state index in [2.05, 4.69) is 25.1 Å². The number of piperidine rings is 2. The Morgan fingerprint density at radius 1 is 1.00 bits per heavy atom. The number of nitrogens with one attached hydrogen (secondary N) is 1. The van der Waals surface area contributed by atoms with Crippen molar-refractivity contribution >= 4 is 17.4 Å². The minimum atomic E-state index is -0.637. The number of amides is 1. The second-order valence-electron chi connectivity index (χ2n) is 8.04. The minimum Gasteiger partial charge on any atom is -0.367 e. The van der Waals surface area contributed by atoms with Crippen molar-refractivity contribution in [1.82, 2.24) is 15.3 Å². The van der Waals surface area contributed by atoms with Crippen molar-refractivity contribution < 1.29 is 13.6 Å². The maximum absolute atomic E-state index is 13.3. The van der Waals surface area contributed by atoms with Crippen molar-refractivity contribution in [3.05, 3.63) is 47.9 Å². The Hall–Kier alpha value is -2.77. The van der Waals surface area contributed by atoms with Gasteiger partial charge in [0.1, 0.15) is 18.0 Å². The van der Waals surface area contributed by atoms with E-state index in [0.717, 1.165) is 56.6 Å². The van der Waals surface area contributed by atoms with Crippen molar-refractivity contribution in [3.8, 4) is 0 Å². The molecule has 6 nitrogen and oxygen atoms in total. The Balaban J connectivity index is 1.33. The van der Waals surface area contributed by atoms with Crippen molar-refractivity contribution in [3.63, 3.8) is 0 Å². The second-order valence-corrected chi connectivity index (χ2v) is 8.04. The number of aromatic nitrogens is 2. The predicted molar refractivity (Wildman–Crippen MR) is 111 cm³/mol. The summed E-state index contributed by atoms with van der Waals surface area (Å²) in [6, 6.07) is 3.31. The molecule has 0 spiro atoms. The van der Waals surface area contributed by atoms with Crippen molar-refractivity contribution in [2.45, 2.75) is 38.6 Å². The van der Waals surface area contributed by atoms with Gasteiger partial charge < -0.3 is 15.1 Å². The summed E-state index contributed by atoms with van der Waals surface area (Å²) in [5.74, 6) is -0.465. The molecule has 0 saturated carbocycles. The number of carbonyl (C=O) groups excluding carboxylic acids is 1. The fourth-order valence-corrected chi connectivity index (χ4v) is 4.32. The molecule has 1 N–H and O–H groups in total. The monoisotopic (exact) mass is 415 g/mol. The molecule has 2 saturated heterocycles. The molecule has 4 rings (SSSR count). The highest BCUT2D eigenvalue weighted by atomic mass is 19.1. The van der Waals surface area contributed by atoms with Crippen LogP contribution < -0.4 is 15.1 Å². The van der Waals surface area contributed by atoms with Gasteiger partial charge in [0, 0.05) is 44.7 Å². The lowest BCUT2D eigenvalue weighted by atomic mass is 9.95. The topological polar surface area (TPSA) is 61.4 Å². The van der Waals surface area contributed by atoms with Crippen LogP contribution in [0.25, 0.3) is 0 Å². The number of halogens is 2. The van der Waals surface area contributed by atoms with E-state index >= 15 is 0 Å². The molecule has 1 amide bonds. The molecule has 0 unspecified atom stereocenters. The van der Waals surface area contributed by atoms with E-state index in [1.54, 1.807) is 6.33 Å². The molecule has 2 aliphatic heterocycles. The van der Waals surface area contributed by atoms with Gasteiger partial charge in [-0.15, -0.1) is 0 Å². The molecule has 1 aromatic heterocycles. The normalized spacial score (nSPS) is 17.8. The van der Waals surface area contributed by atoms with Crippen molar-refractivity contribution in [2.75, 3.05) is 36.0 Å². The third kappa shape index (κ3) is 4.86. The van der Waals surface area contributed by atoms with Crippen LogP contribution in [-0.4, -0.2) is 42.1 Å². The van der Waals surface area contributed by atoms with Crippen molar-refractivity contribution in [2.24, 2.45) is 5.92 Å². The Labute approximate surface area is 175 Å². The highest BCUT2D eigenvalue weighted by Gasteiger charge is 2.27. The molecule has 8 heteroatoms. The molecule has 2 fully saturated rings. The number of rotatable bonds is 5. The van der Waals surface area contributed by atoms with Crippen LogP contribution in [0.4, 0.5) is 20.3 Å². The summed E-state index contributed by atoms with van der Waals surface area (Å²) in [7, 11) is 0. The first kappa shape index (κ1) is 20.5. The van der Waals surface area contributed by atoms with Crippen LogP contribution in [0.1, 0.15) is 37.7 Å². The molecule has 0 radical (unpaired) electrons. The average Bonchev–Trinajstić information content (AvgIpc) is 2.77. The Kier molecular flexibility index (Phi) is 6.40. The number of hydrogen-bond acceptors (Lipinski definition) is 5. The number of anilines is 2. The van der Waals surface area contributed by atoms with Crippen LogP contribution in [-0.2, 0) is 11.3 Å². The smallest absolute Gasteiger partial charge is 0.223 e. The molecule has 1 aromatic carbocycles. The maximum atomic E-state index is 13.3. The maximum Gasteiger partial charge on any atom is 0.223 e. The van der Waals surface area contributed by atoms with E-state index in [1.165, 1.54) is 31.4 Å². The molecule has 3 heterocycles. The first-order chi connectivity index (χ1) is 14.6. The highest BCUT2D eigenvalue weighted by molar-refractivity contribution is 5.79. The van der Waals surface area contributed by atoms with E-state index < -0.39 is 11.6 Å². The number of benzene rings is 1. The van der Waals surface area contributed by atoms with E-state index in [9.17, 15) is 13.6 Å². The second kappa shape index (κ2) is 9.36. The lowest BCUT2D eigenvalue weighted by molar-refractivity contribution is -0.125. The first-order valence-electron chi connectivity index (χ1n) is 10.6. The molecular weight excluding hydrogens is 388 g/mol. The van der Waals surface area contributed by atoms with Gasteiger partial charge in [0.05, 0.1) is 11.9 Å². The van der Waals surface area contributed by atoms with Gasteiger partial charge in [0.25, 0.3) is 0 Å². The molecule has 30 heavy (non-hydrogen) atoms. The molecule has 0 bridgehead atoms.